The molecule has 1 aliphatic rings. The molecule has 0 spiro atoms. The zero-order chi connectivity index (χ0) is 16.4. The zero-order valence-corrected chi connectivity index (χ0v) is 12.5. The first-order chi connectivity index (χ1) is 11.0. The molecule has 2 aromatic carbocycles. The van der Waals surface area contributed by atoms with Crippen LogP contribution in [0.5, 0.6) is 5.75 Å². The SMILES string of the molecule is O=C1OC(c2ccccc2)OC(=O)C1=Cc1cc(Cl)ccc1O. The standard InChI is InChI=1S/C17H11ClO5/c18-12-6-7-14(19)11(8-12)9-13-15(20)22-17(23-16(13)21)10-4-2-1-3-5-10/h1-9,17,19H. The van der Waals surface area contributed by atoms with E-state index in [1.54, 1.807) is 30.3 Å². The summed E-state index contributed by atoms with van der Waals surface area (Å²) in [5.74, 6) is -1.77. The van der Waals surface area contributed by atoms with E-state index in [-0.39, 0.29) is 16.9 Å². The van der Waals surface area contributed by atoms with E-state index in [9.17, 15) is 14.7 Å². The summed E-state index contributed by atoms with van der Waals surface area (Å²) in [6.07, 6.45) is 0.105. The van der Waals surface area contributed by atoms with Crippen molar-refractivity contribution in [2.45, 2.75) is 6.29 Å². The summed E-state index contributed by atoms with van der Waals surface area (Å²) in [6, 6.07) is 12.9. The third kappa shape index (κ3) is 3.19. The van der Waals surface area contributed by atoms with Crippen LogP contribution in [-0.2, 0) is 19.1 Å². The number of carbonyl (C=O) groups is 2. The van der Waals surface area contributed by atoms with Gasteiger partial charge in [0.05, 0.1) is 0 Å². The highest BCUT2D eigenvalue weighted by Gasteiger charge is 2.34. The molecule has 1 heterocycles. The van der Waals surface area contributed by atoms with Crippen LogP contribution in [0.15, 0.2) is 54.1 Å². The summed E-state index contributed by atoms with van der Waals surface area (Å²) in [5.41, 5.74) is 0.466. The van der Waals surface area contributed by atoms with Crippen molar-refractivity contribution in [2.24, 2.45) is 0 Å². The molecule has 0 aromatic heterocycles. The Bertz CT molecular complexity index is 778. The monoisotopic (exact) mass is 330 g/mol. The van der Waals surface area contributed by atoms with E-state index in [0.717, 1.165) is 0 Å². The number of rotatable bonds is 2. The predicted octanol–water partition coefficient (Wildman–Crippen LogP) is 3.23. The van der Waals surface area contributed by atoms with Gasteiger partial charge in [0.25, 0.3) is 6.29 Å². The van der Waals surface area contributed by atoms with E-state index in [2.05, 4.69) is 0 Å². The summed E-state index contributed by atoms with van der Waals surface area (Å²) in [6.45, 7) is 0. The number of ether oxygens (including phenoxy) is 2. The Morgan fingerprint density at radius 1 is 1.00 bits per heavy atom. The average molecular weight is 331 g/mol. The molecule has 1 saturated heterocycles. The van der Waals surface area contributed by atoms with Gasteiger partial charge in [-0.1, -0.05) is 41.9 Å². The highest BCUT2D eigenvalue weighted by atomic mass is 35.5. The van der Waals surface area contributed by atoms with Gasteiger partial charge < -0.3 is 14.6 Å². The van der Waals surface area contributed by atoms with Gasteiger partial charge in [-0.15, -0.1) is 0 Å². The first-order valence-electron chi connectivity index (χ1n) is 6.72. The van der Waals surface area contributed by atoms with Crippen LogP contribution in [0.4, 0.5) is 0 Å². The van der Waals surface area contributed by atoms with Crippen LogP contribution < -0.4 is 0 Å². The first kappa shape index (κ1) is 15.1. The maximum atomic E-state index is 12.1. The number of benzene rings is 2. The number of carbonyl (C=O) groups excluding carboxylic acids is 2. The van der Waals surface area contributed by atoms with Gasteiger partial charge in [-0.3, -0.25) is 0 Å². The van der Waals surface area contributed by atoms with Crippen molar-refractivity contribution in [3.05, 3.63) is 70.3 Å². The normalized spacial score (nSPS) is 17.4. The summed E-state index contributed by atoms with van der Waals surface area (Å²) in [4.78, 5) is 24.2. The van der Waals surface area contributed by atoms with Gasteiger partial charge in [-0.05, 0) is 24.3 Å². The fourth-order valence-electron chi connectivity index (χ4n) is 2.09. The molecule has 23 heavy (non-hydrogen) atoms. The topological polar surface area (TPSA) is 72.8 Å². The van der Waals surface area contributed by atoms with Crippen LogP contribution in [0.2, 0.25) is 5.02 Å². The van der Waals surface area contributed by atoms with Gasteiger partial charge in [-0.2, -0.15) is 0 Å². The summed E-state index contributed by atoms with van der Waals surface area (Å²) < 4.78 is 10.3. The summed E-state index contributed by atoms with van der Waals surface area (Å²) >= 11 is 5.84. The van der Waals surface area contributed by atoms with Gasteiger partial charge in [0.1, 0.15) is 11.3 Å². The second-order valence-corrected chi connectivity index (χ2v) is 5.25. The molecule has 0 unspecified atom stereocenters. The van der Waals surface area contributed by atoms with E-state index >= 15 is 0 Å². The zero-order valence-electron chi connectivity index (χ0n) is 11.7. The lowest BCUT2D eigenvalue weighted by molar-refractivity contribution is -0.195. The van der Waals surface area contributed by atoms with E-state index in [4.69, 9.17) is 21.1 Å². The molecule has 0 aliphatic carbocycles. The molecule has 1 aliphatic heterocycles. The molecule has 3 rings (SSSR count). The largest absolute Gasteiger partial charge is 0.507 e. The Kier molecular flexibility index (Phi) is 4.04. The third-order valence-corrected chi connectivity index (χ3v) is 3.46. The molecule has 0 atom stereocenters. The summed E-state index contributed by atoms with van der Waals surface area (Å²) in [5, 5.41) is 10.1. The van der Waals surface area contributed by atoms with E-state index < -0.39 is 18.2 Å². The van der Waals surface area contributed by atoms with Crippen molar-refractivity contribution >= 4 is 29.6 Å². The third-order valence-electron chi connectivity index (χ3n) is 3.23. The number of halogens is 1. The lowest BCUT2D eigenvalue weighted by Gasteiger charge is -2.24. The Labute approximate surface area is 136 Å². The van der Waals surface area contributed by atoms with Crippen LogP contribution in [0.3, 0.4) is 0 Å². The van der Waals surface area contributed by atoms with Crippen LogP contribution in [0.25, 0.3) is 6.08 Å². The van der Waals surface area contributed by atoms with Gasteiger partial charge in [0, 0.05) is 16.1 Å². The number of cyclic esters (lactones) is 2. The first-order valence-corrected chi connectivity index (χ1v) is 7.09. The highest BCUT2D eigenvalue weighted by Crippen LogP contribution is 2.29. The van der Waals surface area contributed by atoms with Crippen LogP contribution in [0, 0.1) is 0 Å². The minimum Gasteiger partial charge on any atom is -0.507 e. The van der Waals surface area contributed by atoms with E-state index in [1.807, 2.05) is 0 Å². The molecule has 1 fully saturated rings. The molecular weight excluding hydrogens is 320 g/mol. The second kappa shape index (κ2) is 6.14. The van der Waals surface area contributed by atoms with Crippen molar-refractivity contribution in [1.82, 2.24) is 0 Å². The van der Waals surface area contributed by atoms with Crippen molar-refractivity contribution in [3.8, 4) is 5.75 Å². The Morgan fingerprint density at radius 2 is 1.65 bits per heavy atom. The highest BCUT2D eigenvalue weighted by molar-refractivity contribution is 6.30. The van der Waals surface area contributed by atoms with Crippen molar-refractivity contribution in [1.29, 1.82) is 0 Å². The minimum absolute atomic E-state index is 0.118. The number of aromatic hydroxyl groups is 1. The molecule has 116 valence electrons. The Balaban J connectivity index is 1.89. The number of phenolic OH excluding ortho intramolecular Hbond substituents is 1. The molecule has 0 radical (unpaired) electrons. The molecule has 0 amide bonds. The Morgan fingerprint density at radius 3 is 2.30 bits per heavy atom. The van der Waals surface area contributed by atoms with Crippen molar-refractivity contribution < 1.29 is 24.2 Å². The van der Waals surface area contributed by atoms with Gasteiger partial charge in [-0.25, -0.2) is 9.59 Å². The molecule has 1 N–H and O–H groups in total. The van der Waals surface area contributed by atoms with Crippen LogP contribution in [-0.4, -0.2) is 17.0 Å². The number of esters is 2. The van der Waals surface area contributed by atoms with Crippen LogP contribution in [0.1, 0.15) is 17.4 Å². The molecule has 5 nitrogen and oxygen atoms in total. The maximum absolute atomic E-state index is 12.1. The number of hydrogen-bond donors (Lipinski definition) is 1. The van der Waals surface area contributed by atoms with Crippen molar-refractivity contribution in [2.75, 3.05) is 0 Å². The molecule has 2 aromatic rings. The maximum Gasteiger partial charge on any atom is 0.348 e. The van der Waals surface area contributed by atoms with Gasteiger partial charge in [0.2, 0.25) is 0 Å². The van der Waals surface area contributed by atoms with E-state index in [0.29, 0.717) is 10.6 Å². The number of hydrogen-bond acceptors (Lipinski definition) is 5. The summed E-state index contributed by atoms with van der Waals surface area (Å²) in [7, 11) is 0. The average Bonchev–Trinajstić information content (AvgIpc) is 2.54. The van der Waals surface area contributed by atoms with Crippen molar-refractivity contribution in [3.63, 3.8) is 0 Å². The van der Waals surface area contributed by atoms with Gasteiger partial charge in [0.15, 0.2) is 0 Å². The lowest BCUT2D eigenvalue weighted by atomic mass is 10.1. The number of phenols is 1. The fraction of sp³-hybridized carbons (Fsp3) is 0.0588. The van der Waals surface area contributed by atoms with E-state index in [1.165, 1.54) is 24.3 Å². The molecule has 0 bridgehead atoms. The predicted molar refractivity (Wildman–Crippen MR) is 82.5 cm³/mol. The van der Waals surface area contributed by atoms with Crippen LogP contribution >= 0.6 is 11.6 Å². The molecular formula is C17H11ClO5. The van der Waals surface area contributed by atoms with Gasteiger partial charge >= 0.3 is 11.9 Å². The molecule has 0 saturated carbocycles. The smallest absolute Gasteiger partial charge is 0.348 e. The molecule has 6 heteroatoms. The minimum atomic E-state index is -1.08. The quantitative estimate of drug-likeness (QED) is 0.520. The fourth-order valence-corrected chi connectivity index (χ4v) is 2.27. The second-order valence-electron chi connectivity index (χ2n) is 4.81. The Hall–Kier alpha value is -2.79. The lowest BCUT2D eigenvalue weighted by Crippen LogP contribution is -2.29.